The number of hydrogen-bond donors (Lipinski definition) is 1. The first kappa shape index (κ1) is 11.1. The normalized spacial score (nSPS) is 14.2. The third kappa shape index (κ3) is 1.71. The number of hydrogen-bond acceptors (Lipinski definition) is 2. The molecule has 7 heteroatoms. The van der Waals surface area contributed by atoms with E-state index in [1.165, 1.54) is 18.4 Å². The fraction of sp³-hybridized carbons (Fsp3) is 0.222. The Hall–Kier alpha value is -1.37. The van der Waals surface area contributed by atoms with Crippen LogP contribution < -0.4 is 0 Å². The Kier molecular flexibility index (Phi) is 2.49. The van der Waals surface area contributed by atoms with Gasteiger partial charge in [-0.05, 0) is 12.1 Å². The average Bonchev–Trinajstić information content (AvgIpc) is 2.58. The van der Waals surface area contributed by atoms with E-state index in [0.717, 1.165) is 6.07 Å². The number of fused-ring (bicyclic) bond motifs is 1. The second kappa shape index (κ2) is 3.58. The molecular formula is C9H7F3N2OS. The van der Waals surface area contributed by atoms with Crippen LogP contribution in [0.3, 0.4) is 0 Å². The molecule has 0 aliphatic rings. The molecule has 16 heavy (non-hydrogen) atoms. The van der Waals surface area contributed by atoms with Gasteiger partial charge in [0, 0.05) is 11.6 Å². The van der Waals surface area contributed by atoms with Crippen LogP contribution in [0.4, 0.5) is 13.2 Å². The van der Waals surface area contributed by atoms with Crippen molar-refractivity contribution in [1.82, 2.24) is 10.2 Å². The molecule has 1 atom stereocenters. The van der Waals surface area contributed by atoms with Gasteiger partial charge in [-0.15, -0.1) is 0 Å². The minimum atomic E-state index is -4.47. The molecule has 3 nitrogen and oxygen atoms in total. The van der Waals surface area contributed by atoms with Gasteiger partial charge in [0.05, 0.1) is 21.9 Å². The summed E-state index contributed by atoms with van der Waals surface area (Å²) in [6.07, 6.45) is -3.17. The summed E-state index contributed by atoms with van der Waals surface area (Å²) in [6.45, 7) is 0. The van der Waals surface area contributed by atoms with Crippen molar-refractivity contribution in [3.63, 3.8) is 0 Å². The van der Waals surface area contributed by atoms with Gasteiger partial charge in [-0.3, -0.25) is 9.31 Å². The summed E-state index contributed by atoms with van der Waals surface area (Å²) in [4.78, 5) is 0. The van der Waals surface area contributed by atoms with Crippen molar-refractivity contribution in [2.75, 3.05) is 6.26 Å². The lowest BCUT2D eigenvalue weighted by molar-refractivity contribution is -0.136. The maximum atomic E-state index is 12.7. The standard InChI is InChI=1S/C9H7F3N2OS/c1-16(15)8-7-5(9(10,11)12)3-2-4-6(7)13-14-8/h2-4H,1H3,(H,13,14). The first-order valence-electron chi connectivity index (χ1n) is 4.29. The second-order valence-electron chi connectivity index (χ2n) is 3.20. The molecule has 1 unspecified atom stereocenters. The van der Waals surface area contributed by atoms with Gasteiger partial charge in [-0.1, -0.05) is 6.07 Å². The van der Waals surface area contributed by atoms with Crippen LogP contribution in [0.2, 0.25) is 0 Å². The lowest BCUT2D eigenvalue weighted by Crippen LogP contribution is -2.06. The maximum Gasteiger partial charge on any atom is 0.417 e. The molecule has 2 aromatic rings. The highest BCUT2D eigenvalue weighted by Gasteiger charge is 2.34. The van der Waals surface area contributed by atoms with Crippen LogP contribution in [0.25, 0.3) is 10.9 Å². The van der Waals surface area contributed by atoms with Crippen molar-refractivity contribution in [3.05, 3.63) is 23.8 Å². The van der Waals surface area contributed by atoms with E-state index in [1.807, 2.05) is 0 Å². The third-order valence-corrected chi connectivity index (χ3v) is 3.01. The van der Waals surface area contributed by atoms with Crippen LogP contribution in [0, 0.1) is 0 Å². The molecule has 1 heterocycles. The Bertz CT molecular complexity index is 561. The van der Waals surface area contributed by atoms with Gasteiger partial charge in [0.15, 0.2) is 0 Å². The van der Waals surface area contributed by atoms with Gasteiger partial charge in [0.2, 0.25) is 0 Å². The number of benzene rings is 1. The van der Waals surface area contributed by atoms with Crippen LogP contribution in [0.5, 0.6) is 0 Å². The van der Waals surface area contributed by atoms with Crippen molar-refractivity contribution in [3.8, 4) is 0 Å². The Morgan fingerprint density at radius 1 is 1.38 bits per heavy atom. The van der Waals surface area contributed by atoms with Crippen molar-refractivity contribution in [1.29, 1.82) is 0 Å². The first-order valence-corrected chi connectivity index (χ1v) is 5.85. The summed E-state index contributed by atoms with van der Waals surface area (Å²) < 4.78 is 49.4. The lowest BCUT2D eigenvalue weighted by Gasteiger charge is -2.07. The highest BCUT2D eigenvalue weighted by molar-refractivity contribution is 7.84. The zero-order valence-corrected chi connectivity index (χ0v) is 8.95. The summed E-state index contributed by atoms with van der Waals surface area (Å²) in [5.41, 5.74) is -0.649. The van der Waals surface area contributed by atoms with E-state index in [-0.39, 0.29) is 15.9 Å². The highest BCUT2D eigenvalue weighted by atomic mass is 32.2. The van der Waals surface area contributed by atoms with Gasteiger partial charge in [-0.2, -0.15) is 18.3 Å². The Labute approximate surface area is 91.1 Å². The number of aromatic nitrogens is 2. The topological polar surface area (TPSA) is 45.8 Å². The Morgan fingerprint density at radius 3 is 2.62 bits per heavy atom. The Balaban J connectivity index is 2.84. The number of aromatic amines is 1. The molecule has 1 aromatic heterocycles. The number of nitrogens with one attached hydrogen (secondary N) is 1. The van der Waals surface area contributed by atoms with Crippen LogP contribution in [-0.2, 0) is 17.0 Å². The van der Waals surface area contributed by atoms with Crippen molar-refractivity contribution < 1.29 is 17.4 Å². The minimum absolute atomic E-state index is 0.00271. The summed E-state index contributed by atoms with van der Waals surface area (Å²) in [5.74, 6) is 0. The lowest BCUT2D eigenvalue weighted by atomic mass is 10.1. The molecule has 0 fully saturated rings. The molecule has 1 aromatic carbocycles. The van der Waals surface area contributed by atoms with Gasteiger partial charge < -0.3 is 0 Å². The molecule has 2 rings (SSSR count). The molecule has 0 aliphatic carbocycles. The van der Waals surface area contributed by atoms with E-state index in [0.29, 0.717) is 0 Å². The van der Waals surface area contributed by atoms with E-state index in [1.54, 1.807) is 0 Å². The van der Waals surface area contributed by atoms with Crippen LogP contribution in [0.1, 0.15) is 5.56 Å². The maximum absolute atomic E-state index is 12.7. The molecule has 0 spiro atoms. The third-order valence-electron chi connectivity index (χ3n) is 2.14. The second-order valence-corrected chi connectivity index (χ2v) is 4.52. The predicted octanol–water partition coefficient (Wildman–Crippen LogP) is 2.32. The van der Waals surface area contributed by atoms with E-state index >= 15 is 0 Å². The van der Waals surface area contributed by atoms with Crippen molar-refractivity contribution in [2.24, 2.45) is 0 Å². The Morgan fingerprint density at radius 2 is 2.06 bits per heavy atom. The molecule has 0 bridgehead atoms. The monoisotopic (exact) mass is 248 g/mol. The minimum Gasteiger partial charge on any atom is -0.268 e. The molecule has 0 saturated heterocycles. The van der Waals surface area contributed by atoms with E-state index < -0.39 is 22.5 Å². The molecule has 0 saturated carbocycles. The van der Waals surface area contributed by atoms with Crippen molar-refractivity contribution in [2.45, 2.75) is 11.2 Å². The van der Waals surface area contributed by atoms with Gasteiger partial charge in [0.1, 0.15) is 5.03 Å². The van der Waals surface area contributed by atoms with Crippen LogP contribution in [-0.4, -0.2) is 20.7 Å². The predicted molar refractivity (Wildman–Crippen MR) is 53.4 cm³/mol. The van der Waals surface area contributed by atoms with Crippen LogP contribution >= 0.6 is 0 Å². The van der Waals surface area contributed by atoms with Gasteiger partial charge in [0.25, 0.3) is 0 Å². The number of rotatable bonds is 1. The average molecular weight is 248 g/mol. The molecule has 0 radical (unpaired) electrons. The number of halogens is 3. The zero-order chi connectivity index (χ0) is 11.9. The number of alkyl halides is 3. The van der Waals surface area contributed by atoms with E-state index in [4.69, 9.17) is 0 Å². The quantitative estimate of drug-likeness (QED) is 0.841. The highest BCUT2D eigenvalue weighted by Crippen LogP contribution is 2.36. The first-order chi connectivity index (χ1) is 7.41. The molecule has 0 amide bonds. The summed E-state index contributed by atoms with van der Waals surface area (Å²) in [7, 11) is -1.54. The van der Waals surface area contributed by atoms with E-state index in [9.17, 15) is 17.4 Å². The van der Waals surface area contributed by atoms with Crippen molar-refractivity contribution >= 4 is 21.7 Å². The van der Waals surface area contributed by atoms with E-state index in [2.05, 4.69) is 10.2 Å². The smallest absolute Gasteiger partial charge is 0.268 e. The molecule has 1 N–H and O–H groups in total. The fourth-order valence-electron chi connectivity index (χ4n) is 1.48. The molecule has 86 valence electrons. The SMILES string of the molecule is CS(=O)c1[nH]nc2cccc(C(F)(F)F)c12. The summed E-state index contributed by atoms with van der Waals surface area (Å²) >= 11 is 0. The molecule has 0 aliphatic heterocycles. The number of H-pyrrole nitrogens is 1. The van der Waals surface area contributed by atoms with Crippen LogP contribution in [0.15, 0.2) is 23.2 Å². The summed E-state index contributed by atoms with van der Waals surface area (Å²) in [5, 5.41) is 5.96. The van der Waals surface area contributed by atoms with Gasteiger partial charge in [-0.25, -0.2) is 0 Å². The fourth-order valence-corrected chi connectivity index (χ4v) is 2.16. The number of nitrogens with zero attached hydrogens (tertiary/aromatic N) is 1. The summed E-state index contributed by atoms with van der Waals surface area (Å²) in [6, 6.07) is 3.67. The zero-order valence-electron chi connectivity index (χ0n) is 8.13. The van der Waals surface area contributed by atoms with Gasteiger partial charge >= 0.3 is 6.18 Å². The largest absolute Gasteiger partial charge is 0.417 e. The molecular weight excluding hydrogens is 241 g/mol.